The first-order valence-electron chi connectivity index (χ1n) is 6.66. The molecule has 2 aromatic carbocycles. The molecule has 1 heterocycles. The molecular weight excluding hydrogens is 264 g/mol. The Balaban J connectivity index is 1.94. The standard InChI is InChI=1S/C17H16N2O2/c1-20-11-12-3-2-4-14(9-12)21-16-6-5-13-10-19-8-7-15(13)17(16)18/h2-10H,11,18H2,1H3. The van der Waals surface area contributed by atoms with Crippen LogP contribution in [0.4, 0.5) is 5.69 Å². The zero-order valence-corrected chi connectivity index (χ0v) is 11.7. The number of methoxy groups -OCH3 is 1. The second-order valence-corrected chi connectivity index (χ2v) is 4.76. The Morgan fingerprint density at radius 2 is 2.05 bits per heavy atom. The number of hydrogen-bond acceptors (Lipinski definition) is 4. The van der Waals surface area contributed by atoms with E-state index in [2.05, 4.69) is 4.98 Å². The Hall–Kier alpha value is -2.59. The summed E-state index contributed by atoms with van der Waals surface area (Å²) in [6, 6.07) is 13.5. The average molecular weight is 280 g/mol. The van der Waals surface area contributed by atoms with E-state index < -0.39 is 0 Å². The molecule has 0 aliphatic heterocycles. The van der Waals surface area contributed by atoms with Crippen LogP contribution >= 0.6 is 0 Å². The first kappa shape index (κ1) is 13.4. The molecule has 4 heteroatoms. The lowest BCUT2D eigenvalue weighted by Gasteiger charge is -2.11. The normalized spacial score (nSPS) is 10.7. The van der Waals surface area contributed by atoms with E-state index in [0.717, 1.165) is 22.1 Å². The van der Waals surface area contributed by atoms with E-state index in [1.807, 2.05) is 42.5 Å². The summed E-state index contributed by atoms with van der Waals surface area (Å²) in [4.78, 5) is 4.09. The Labute approximate surface area is 123 Å². The maximum absolute atomic E-state index is 6.19. The number of fused-ring (bicyclic) bond motifs is 1. The Morgan fingerprint density at radius 1 is 1.14 bits per heavy atom. The average Bonchev–Trinajstić information content (AvgIpc) is 2.51. The van der Waals surface area contributed by atoms with Gasteiger partial charge in [0.25, 0.3) is 0 Å². The molecule has 3 rings (SSSR count). The highest BCUT2D eigenvalue weighted by molar-refractivity contribution is 5.95. The summed E-state index contributed by atoms with van der Waals surface area (Å²) in [7, 11) is 1.67. The number of hydrogen-bond donors (Lipinski definition) is 1. The van der Waals surface area contributed by atoms with Crippen LogP contribution in [0.2, 0.25) is 0 Å². The van der Waals surface area contributed by atoms with Gasteiger partial charge in [0.05, 0.1) is 12.3 Å². The van der Waals surface area contributed by atoms with Crippen molar-refractivity contribution in [3.05, 3.63) is 60.4 Å². The molecule has 106 valence electrons. The Morgan fingerprint density at radius 3 is 2.90 bits per heavy atom. The van der Waals surface area contributed by atoms with Crippen LogP contribution in [0.5, 0.6) is 11.5 Å². The molecule has 2 N–H and O–H groups in total. The molecule has 0 saturated heterocycles. The monoisotopic (exact) mass is 280 g/mol. The van der Waals surface area contributed by atoms with E-state index in [-0.39, 0.29) is 0 Å². The van der Waals surface area contributed by atoms with E-state index in [4.69, 9.17) is 15.2 Å². The molecule has 21 heavy (non-hydrogen) atoms. The fraction of sp³-hybridized carbons (Fsp3) is 0.118. The summed E-state index contributed by atoms with van der Waals surface area (Å²) >= 11 is 0. The van der Waals surface area contributed by atoms with Crippen LogP contribution in [0, 0.1) is 0 Å². The van der Waals surface area contributed by atoms with Crippen molar-refractivity contribution in [2.45, 2.75) is 6.61 Å². The SMILES string of the molecule is COCc1cccc(Oc2ccc3cnccc3c2N)c1. The minimum atomic E-state index is 0.552. The maximum atomic E-state index is 6.19. The van der Waals surface area contributed by atoms with Gasteiger partial charge in [0, 0.05) is 30.3 Å². The lowest BCUT2D eigenvalue weighted by molar-refractivity contribution is 0.184. The van der Waals surface area contributed by atoms with Crippen molar-refractivity contribution in [1.29, 1.82) is 0 Å². The van der Waals surface area contributed by atoms with Crippen molar-refractivity contribution in [1.82, 2.24) is 4.98 Å². The lowest BCUT2D eigenvalue weighted by atomic mass is 10.1. The zero-order valence-electron chi connectivity index (χ0n) is 11.7. The van der Waals surface area contributed by atoms with Gasteiger partial charge in [-0.2, -0.15) is 0 Å². The van der Waals surface area contributed by atoms with Gasteiger partial charge in [-0.05, 0) is 35.9 Å². The van der Waals surface area contributed by atoms with E-state index in [1.54, 1.807) is 19.5 Å². The summed E-state index contributed by atoms with van der Waals surface area (Å²) < 4.78 is 11.0. The highest BCUT2D eigenvalue weighted by Gasteiger charge is 2.07. The van der Waals surface area contributed by atoms with Crippen molar-refractivity contribution in [3.8, 4) is 11.5 Å². The first-order valence-corrected chi connectivity index (χ1v) is 6.66. The van der Waals surface area contributed by atoms with Gasteiger partial charge in [0.15, 0.2) is 5.75 Å². The number of nitrogens with two attached hydrogens (primary N) is 1. The molecule has 0 aliphatic rings. The fourth-order valence-corrected chi connectivity index (χ4v) is 2.25. The number of rotatable bonds is 4. The minimum absolute atomic E-state index is 0.552. The number of nitrogens with zero attached hydrogens (tertiary/aromatic N) is 1. The van der Waals surface area contributed by atoms with Crippen LogP contribution in [0.25, 0.3) is 10.8 Å². The number of aromatic nitrogens is 1. The van der Waals surface area contributed by atoms with Gasteiger partial charge in [-0.25, -0.2) is 0 Å². The number of ether oxygens (including phenoxy) is 2. The van der Waals surface area contributed by atoms with Gasteiger partial charge in [-0.15, -0.1) is 0 Å². The van der Waals surface area contributed by atoms with Crippen LogP contribution in [0.15, 0.2) is 54.9 Å². The summed E-state index contributed by atoms with van der Waals surface area (Å²) in [6.45, 7) is 0.552. The molecule has 0 unspecified atom stereocenters. The molecule has 0 spiro atoms. The third-order valence-electron chi connectivity index (χ3n) is 3.26. The lowest BCUT2D eigenvalue weighted by Crippen LogP contribution is -1.94. The second kappa shape index (κ2) is 5.81. The topological polar surface area (TPSA) is 57.4 Å². The van der Waals surface area contributed by atoms with E-state index >= 15 is 0 Å². The molecule has 0 aliphatic carbocycles. The van der Waals surface area contributed by atoms with Gasteiger partial charge in [-0.1, -0.05) is 12.1 Å². The Bertz CT molecular complexity index is 772. The van der Waals surface area contributed by atoms with E-state index in [9.17, 15) is 0 Å². The summed E-state index contributed by atoms with van der Waals surface area (Å²) in [5.41, 5.74) is 7.86. The summed E-state index contributed by atoms with van der Waals surface area (Å²) in [5, 5.41) is 1.94. The first-order chi connectivity index (χ1) is 10.3. The number of benzene rings is 2. The quantitative estimate of drug-likeness (QED) is 0.739. The van der Waals surface area contributed by atoms with Crippen LogP contribution in [-0.4, -0.2) is 12.1 Å². The van der Waals surface area contributed by atoms with Gasteiger partial charge in [0.2, 0.25) is 0 Å². The van der Waals surface area contributed by atoms with Crippen LogP contribution in [0.1, 0.15) is 5.56 Å². The zero-order chi connectivity index (χ0) is 14.7. The molecule has 4 nitrogen and oxygen atoms in total. The van der Waals surface area contributed by atoms with Gasteiger partial charge in [0.1, 0.15) is 5.75 Å². The molecule has 0 radical (unpaired) electrons. The highest BCUT2D eigenvalue weighted by Crippen LogP contribution is 2.33. The van der Waals surface area contributed by atoms with E-state index in [0.29, 0.717) is 18.0 Å². The smallest absolute Gasteiger partial charge is 0.150 e. The number of nitrogen functional groups attached to an aromatic ring is 1. The van der Waals surface area contributed by atoms with Crippen LogP contribution < -0.4 is 10.5 Å². The maximum Gasteiger partial charge on any atom is 0.150 e. The molecule has 3 aromatic rings. The number of anilines is 1. The third-order valence-corrected chi connectivity index (χ3v) is 3.26. The van der Waals surface area contributed by atoms with Crippen LogP contribution in [0.3, 0.4) is 0 Å². The van der Waals surface area contributed by atoms with Crippen molar-refractivity contribution < 1.29 is 9.47 Å². The summed E-state index contributed by atoms with van der Waals surface area (Å²) in [6.07, 6.45) is 3.51. The third kappa shape index (κ3) is 2.80. The largest absolute Gasteiger partial charge is 0.455 e. The molecular formula is C17H16N2O2. The van der Waals surface area contributed by atoms with Crippen molar-refractivity contribution in [2.75, 3.05) is 12.8 Å². The molecule has 0 saturated carbocycles. The molecule has 0 amide bonds. The molecule has 0 fully saturated rings. The fourth-order valence-electron chi connectivity index (χ4n) is 2.25. The van der Waals surface area contributed by atoms with Crippen molar-refractivity contribution in [2.24, 2.45) is 0 Å². The number of pyridine rings is 1. The van der Waals surface area contributed by atoms with Gasteiger partial charge < -0.3 is 15.2 Å². The van der Waals surface area contributed by atoms with Crippen molar-refractivity contribution >= 4 is 16.5 Å². The van der Waals surface area contributed by atoms with Crippen molar-refractivity contribution in [3.63, 3.8) is 0 Å². The predicted octanol–water partition coefficient (Wildman–Crippen LogP) is 3.76. The van der Waals surface area contributed by atoms with E-state index in [1.165, 1.54) is 0 Å². The minimum Gasteiger partial charge on any atom is -0.455 e. The van der Waals surface area contributed by atoms with Crippen LogP contribution in [-0.2, 0) is 11.3 Å². The Kier molecular flexibility index (Phi) is 3.71. The molecule has 0 atom stereocenters. The molecule has 1 aromatic heterocycles. The highest BCUT2D eigenvalue weighted by atomic mass is 16.5. The summed E-state index contributed by atoms with van der Waals surface area (Å²) in [5.74, 6) is 1.38. The van der Waals surface area contributed by atoms with Gasteiger partial charge >= 0.3 is 0 Å². The van der Waals surface area contributed by atoms with Gasteiger partial charge in [-0.3, -0.25) is 4.98 Å². The molecule has 0 bridgehead atoms. The second-order valence-electron chi connectivity index (χ2n) is 4.76. The predicted molar refractivity (Wildman–Crippen MR) is 83.4 cm³/mol.